The zero-order chi connectivity index (χ0) is 16.4. The number of hydrogen-bond donors (Lipinski definition) is 1. The van der Waals surface area contributed by atoms with E-state index < -0.39 is 0 Å². The molecule has 0 aromatic carbocycles. The molecule has 1 aromatic rings. The van der Waals surface area contributed by atoms with E-state index in [1.807, 2.05) is 6.92 Å². The maximum Gasteiger partial charge on any atom is 0.249 e. The number of piperidine rings is 1. The summed E-state index contributed by atoms with van der Waals surface area (Å²) in [6.07, 6.45) is 5.24. The van der Waals surface area contributed by atoms with Crippen LogP contribution in [-0.2, 0) is 16.1 Å². The molecule has 1 amide bonds. The summed E-state index contributed by atoms with van der Waals surface area (Å²) in [6.45, 7) is 8.76. The minimum absolute atomic E-state index is 0.0297. The van der Waals surface area contributed by atoms with Crippen LogP contribution in [0.15, 0.2) is 12.4 Å². The summed E-state index contributed by atoms with van der Waals surface area (Å²) in [7, 11) is 0. The molecule has 3 rings (SSSR count). The smallest absolute Gasteiger partial charge is 0.249 e. The van der Waals surface area contributed by atoms with Crippen molar-refractivity contribution in [1.82, 2.24) is 20.2 Å². The topological polar surface area (TPSA) is 67.4 Å². The summed E-state index contributed by atoms with van der Waals surface area (Å²) in [4.78, 5) is 23.2. The number of carbonyl (C=O) groups is 1. The molecule has 1 aromatic heterocycles. The van der Waals surface area contributed by atoms with Gasteiger partial charge < -0.3 is 10.1 Å². The fraction of sp³-hybridized carbons (Fsp3) is 0.706. The number of aromatic nitrogens is 2. The summed E-state index contributed by atoms with van der Waals surface area (Å²) in [5.41, 5.74) is 1.64. The molecule has 126 valence electrons. The lowest BCUT2D eigenvalue weighted by molar-refractivity contribution is -0.133. The Bertz CT molecular complexity index is 546. The maximum absolute atomic E-state index is 12.3. The Kier molecular flexibility index (Phi) is 4.92. The van der Waals surface area contributed by atoms with Crippen molar-refractivity contribution in [2.24, 2.45) is 5.92 Å². The molecule has 0 bridgehead atoms. The first-order valence-electron chi connectivity index (χ1n) is 8.47. The van der Waals surface area contributed by atoms with Crippen LogP contribution >= 0.6 is 0 Å². The van der Waals surface area contributed by atoms with Crippen LogP contribution < -0.4 is 5.32 Å². The summed E-state index contributed by atoms with van der Waals surface area (Å²) < 4.78 is 6.03. The largest absolute Gasteiger partial charge is 0.364 e. The Hall–Kier alpha value is -1.53. The lowest BCUT2D eigenvalue weighted by Crippen LogP contribution is -2.45. The van der Waals surface area contributed by atoms with Crippen molar-refractivity contribution in [2.45, 2.75) is 58.4 Å². The lowest BCUT2D eigenvalue weighted by atomic mass is 9.91. The molecule has 0 radical (unpaired) electrons. The van der Waals surface area contributed by atoms with Crippen LogP contribution in [0.2, 0.25) is 0 Å². The molecule has 2 saturated heterocycles. The number of likely N-dealkylation sites (tertiary alicyclic amines) is 1. The maximum atomic E-state index is 12.3. The zero-order valence-corrected chi connectivity index (χ0v) is 14.2. The third kappa shape index (κ3) is 3.87. The van der Waals surface area contributed by atoms with Crippen LogP contribution in [0, 0.1) is 12.8 Å². The predicted octanol–water partition coefficient (Wildman–Crippen LogP) is 1.29. The Morgan fingerprint density at radius 1 is 1.43 bits per heavy atom. The molecule has 2 fully saturated rings. The van der Waals surface area contributed by atoms with Crippen molar-refractivity contribution in [3.8, 4) is 0 Å². The predicted molar refractivity (Wildman–Crippen MR) is 86.7 cm³/mol. The third-order valence-electron chi connectivity index (χ3n) is 4.88. The molecule has 6 nitrogen and oxygen atoms in total. The van der Waals surface area contributed by atoms with Gasteiger partial charge in [0.1, 0.15) is 6.10 Å². The van der Waals surface area contributed by atoms with Crippen molar-refractivity contribution >= 4 is 5.91 Å². The first-order valence-corrected chi connectivity index (χ1v) is 8.47. The average molecular weight is 318 g/mol. The van der Waals surface area contributed by atoms with Gasteiger partial charge in [-0.25, -0.2) is 0 Å². The summed E-state index contributed by atoms with van der Waals surface area (Å²) in [5.74, 6) is 0.484. The monoisotopic (exact) mass is 318 g/mol. The zero-order valence-electron chi connectivity index (χ0n) is 14.2. The molecular formula is C17H26N4O2. The number of hydrogen-bond acceptors (Lipinski definition) is 5. The summed E-state index contributed by atoms with van der Waals surface area (Å²) in [5, 5.41) is 2.92. The fourth-order valence-corrected chi connectivity index (χ4v) is 3.39. The van der Waals surface area contributed by atoms with Gasteiger partial charge in [-0.05, 0) is 46.1 Å². The van der Waals surface area contributed by atoms with Crippen molar-refractivity contribution in [2.75, 3.05) is 13.1 Å². The Balaban J connectivity index is 1.50. The summed E-state index contributed by atoms with van der Waals surface area (Å²) in [6, 6.07) is 0.535. The van der Waals surface area contributed by atoms with Gasteiger partial charge in [-0.15, -0.1) is 0 Å². The van der Waals surface area contributed by atoms with Gasteiger partial charge in [0.05, 0.1) is 30.2 Å². The highest BCUT2D eigenvalue weighted by molar-refractivity contribution is 5.81. The fourth-order valence-electron chi connectivity index (χ4n) is 3.39. The number of amides is 1. The van der Waals surface area contributed by atoms with E-state index in [1.54, 1.807) is 12.4 Å². The first-order chi connectivity index (χ1) is 11.0. The molecule has 6 heteroatoms. The molecule has 1 N–H and O–H groups in total. The van der Waals surface area contributed by atoms with E-state index in [9.17, 15) is 4.79 Å². The number of fused-ring (bicyclic) bond motifs is 1. The van der Waals surface area contributed by atoms with E-state index in [-0.39, 0.29) is 18.1 Å². The van der Waals surface area contributed by atoms with Crippen molar-refractivity contribution in [3.63, 3.8) is 0 Å². The van der Waals surface area contributed by atoms with E-state index in [1.165, 1.54) is 0 Å². The highest BCUT2D eigenvalue weighted by Crippen LogP contribution is 2.33. The van der Waals surface area contributed by atoms with Crippen LogP contribution in [0.5, 0.6) is 0 Å². The summed E-state index contributed by atoms with van der Waals surface area (Å²) >= 11 is 0. The molecule has 0 aliphatic carbocycles. The first kappa shape index (κ1) is 16.3. The number of ether oxygens (including phenoxy) is 1. The number of rotatable bonds is 4. The van der Waals surface area contributed by atoms with Gasteiger partial charge in [-0.1, -0.05) is 0 Å². The Morgan fingerprint density at radius 2 is 2.26 bits per heavy atom. The van der Waals surface area contributed by atoms with Gasteiger partial charge in [0.25, 0.3) is 0 Å². The number of carbonyl (C=O) groups excluding carboxylic acids is 1. The Labute approximate surface area is 137 Å². The molecule has 2 aliphatic rings. The third-order valence-corrected chi connectivity index (χ3v) is 4.88. The van der Waals surface area contributed by atoms with Crippen LogP contribution in [-0.4, -0.2) is 52.1 Å². The standard InChI is InChI=1S/C17H26N4O2/c1-11(2)21-5-4-13-6-15(23-16(13)10-21)17(22)20-9-14-8-18-12(3)7-19-14/h7-8,11,13,15-16H,4-6,9-10H2,1-3H3,(H,20,22)/t13-,15+,16+/m0/s1. The second-order valence-electron chi connectivity index (χ2n) is 6.90. The van der Waals surface area contributed by atoms with E-state index in [2.05, 4.69) is 34.0 Å². The second kappa shape index (κ2) is 6.93. The van der Waals surface area contributed by atoms with E-state index in [4.69, 9.17) is 4.74 Å². The molecular weight excluding hydrogens is 292 g/mol. The Morgan fingerprint density at radius 3 is 2.96 bits per heavy atom. The molecule has 0 saturated carbocycles. The molecule has 0 spiro atoms. The number of aryl methyl sites for hydroxylation is 1. The van der Waals surface area contributed by atoms with Crippen LogP contribution in [0.4, 0.5) is 0 Å². The van der Waals surface area contributed by atoms with Gasteiger partial charge in [-0.2, -0.15) is 0 Å². The van der Waals surface area contributed by atoms with Gasteiger partial charge in [-0.3, -0.25) is 19.7 Å². The van der Waals surface area contributed by atoms with E-state index in [0.717, 1.165) is 37.3 Å². The van der Waals surface area contributed by atoms with E-state index >= 15 is 0 Å². The van der Waals surface area contributed by atoms with Gasteiger partial charge in [0.15, 0.2) is 0 Å². The minimum Gasteiger partial charge on any atom is -0.364 e. The quantitative estimate of drug-likeness (QED) is 0.906. The normalized spacial score (nSPS) is 27.9. The van der Waals surface area contributed by atoms with Crippen molar-refractivity contribution in [1.29, 1.82) is 0 Å². The van der Waals surface area contributed by atoms with Crippen molar-refractivity contribution in [3.05, 3.63) is 23.8 Å². The van der Waals surface area contributed by atoms with Crippen LogP contribution in [0.3, 0.4) is 0 Å². The second-order valence-corrected chi connectivity index (χ2v) is 6.90. The highest BCUT2D eigenvalue weighted by atomic mass is 16.5. The van der Waals surface area contributed by atoms with Gasteiger partial charge in [0, 0.05) is 18.8 Å². The van der Waals surface area contributed by atoms with Crippen LogP contribution in [0.1, 0.15) is 38.1 Å². The highest BCUT2D eigenvalue weighted by Gasteiger charge is 2.42. The number of nitrogens with zero attached hydrogens (tertiary/aromatic N) is 3. The van der Waals surface area contributed by atoms with Gasteiger partial charge >= 0.3 is 0 Å². The molecule has 2 aliphatic heterocycles. The van der Waals surface area contributed by atoms with Crippen molar-refractivity contribution < 1.29 is 9.53 Å². The minimum atomic E-state index is -0.324. The van der Waals surface area contributed by atoms with Crippen LogP contribution in [0.25, 0.3) is 0 Å². The van der Waals surface area contributed by atoms with E-state index in [0.29, 0.717) is 18.5 Å². The SMILES string of the molecule is Cc1cnc(CNC(=O)[C@H]2C[C@@H]3CCN(C(C)C)C[C@H]3O2)cn1. The molecule has 23 heavy (non-hydrogen) atoms. The molecule has 3 heterocycles. The van der Waals surface area contributed by atoms with Gasteiger partial charge in [0.2, 0.25) is 5.91 Å². The lowest BCUT2D eigenvalue weighted by Gasteiger charge is -2.36. The average Bonchev–Trinajstić information content (AvgIpc) is 2.97. The number of nitrogens with one attached hydrogen (secondary N) is 1. The molecule has 0 unspecified atom stereocenters. The molecule has 3 atom stereocenters.